The average Bonchev–Trinajstić information content (AvgIpc) is 2.67. The molecular weight excluding hydrogens is 218 g/mol. The summed E-state index contributed by atoms with van der Waals surface area (Å²) in [7, 11) is -1.24. The zero-order chi connectivity index (χ0) is 10.9. The Labute approximate surface area is 95.8 Å². The van der Waals surface area contributed by atoms with E-state index in [0.29, 0.717) is 0 Å². The third-order valence-electron chi connectivity index (χ3n) is 2.37. The summed E-state index contributed by atoms with van der Waals surface area (Å²) in [5.74, 6) is 0. The van der Waals surface area contributed by atoms with E-state index in [2.05, 4.69) is 48.2 Å². The van der Waals surface area contributed by atoms with Gasteiger partial charge in [0.05, 0.1) is 18.6 Å². The number of pyridine rings is 1. The normalized spacial score (nSPS) is 11.7. The van der Waals surface area contributed by atoms with Crippen molar-refractivity contribution in [1.29, 1.82) is 0 Å². The predicted molar refractivity (Wildman–Crippen MR) is 70.5 cm³/mol. The molecule has 0 saturated carbocycles. The molecule has 0 fully saturated rings. The van der Waals surface area contributed by atoms with Crippen LogP contribution in [0, 0.1) is 0 Å². The maximum absolute atomic E-state index is 4.43. The average molecular weight is 233 g/mol. The van der Waals surface area contributed by atoms with E-state index in [1.807, 2.05) is 12.3 Å². The molecule has 2 aromatic heterocycles. The van der Waals surface area contributed by atoms with E-state index < -0.39 is 8.07 Å². The van der Waals surface area contributed by atoms with E-state index in [1.165, 1.54) is 10.1 Å². The van der Waals surface area contributed by atoms with Crippen LogP contribution in [-0.4, -0.2) is 13.1 Å². The summed E-state index contributed by atoms with van der Waals surface area (Å²) < 4.78 is 0. The van der Waals surface area contributed by atoms with Gasteiger partial charge in [-0.1, -0.05) is 31.8 Å². The molecular formula is C12H15NSSi. The minimum Gasteiger partial charge on any atom is -0.255 e. The Morgan fingerprint density at radius 2 is 1.93 bits per heavy atom. The van der Waals surface area contributed by atoms with Gasteiger partial charge >= 0.3 is 0 Å². The van der Waals surface area contributed by atoms with Crippen molar-refractivity contribution in [2.45, 2.75) is 19.6 Å². The molecule has 0 spiro atoms. The molecule has 0 bridgehead atoms. The maximum atomic E-state index is 4.43. The third-order valence-corrected chi connectivity index (χ3v) is 5.52. The first-order valence-corrected chi connectivity index (χ1v) is 9.46. The van der Waals surface area contributed by atoms with Crippen LogP contribution in [-0.2, 0) is 0 Å². The fraction of sp³-hybridized carbons (Fsp3) is 0.250. The summed E-state index contributed by atoms with van der Waals surface area (Å²) in [5, 5.41) is 3.70. The van der Waals surface area contributed by atoms with Gasteiger partial charge < -0.3 is 0 Å². The van der Waals surface area contributed by atoms with Gasteiger partial charge in [-0.2, -0.15) is 0 Å². The lowest BCUT2D eigenvalue weighted by Gasteiger charge is -2.16. The second kappa shape index (κ2) is 3.91. The monoisotopic (exact) mass is 233 g/mol. The highest BCUT2D eigenvalue weighted by molar-refractivity contribution is 7.16. The Balaban J connectivity index is 2.51. The lowest BCUT2D eigenvalue weighted by atomic mass is 10.3. The van der Waals surface area contributed by atoms with Crippen molar-refractivity contribution >= 4 is 24.6 Å². The highest BCUT2D eigenvalue weighted by Gasteiger charge is 2.22. The van der Waals surface area contributed by atoms with E-state index in [4.69, 9.17) is 0 Å². The number of nitrogens with zero attached hydrogens (tertiary/aromatic N) is 1. The molecule has 2 rings (SSSR count). The Morgan fingerprint density at radius 3 is 2.53 bits per heavy atom. The summed E-state index contributed by atoms with van der Waals surface area (Å²) in [5.41, 5.74) is 1.12. The van der Waals surface area contributed by atoms with Crippen molar-refractivity contribution in [1.82, 2.24) is 4.98 Å². The minimum atomic E-state index is -1.24. The quantitative estimate of drug-likeness (QED) is 0.725. The van der Waals surface area contributed by atoms with E-state index >= 15 is 0 Å². The van der Waals surface area contributed by atoms with Crippen LogP contribution in [0.15, 0.2) is 35.8 Å². The van der Waals surface area contributed by atoms with Crippen molar-refractivity contribution in [3.05, 3.63) is 35.8 Å². The number of aromatic nitrogens is 1. The lowest BCUT2D eigenvalue weighted by molar-refractivity contribution is 1.34. The van der Waals surface area contributed by atoms with Crippen molar-refractivity contribution in [2.24, 2.45) is 0 Å². The highest BCUT2D eigenvalue weighted by atomic mass is 32.1. The zero-order valence-corrected chi connectivity index (χ0v) is 11.1. The first-order chi connectivity index (χ1) is 7.09. The van der Waals surface area contributed by atoms with E-state index in [1.54, 1.807) is 11.3 Å². The molecule has 0 atom stereocenters. The van der Waals surface area contributed by atoms with Gasteiger partial charge in [-0.25, -0.2) is 0 Å². The summed E-state index contributed by atoms with van der Waals surface area (Å²) in [6, 6.07) is 8.37. The lowest BCUT2D eigenvalue weighted by Crippen LogP contribution is -2.37. The van der Waals surface area contributed by atoms with Crippen LogP contribution < -0.4 is 5.19 Å². The Hall–Kier alpha value is -0.933. The second-order valence-electron chi connectivity index (χ2n) is 4.63. The van der Waals surface area contributed by atoms with Crippen molar-refractivity contribution < 1.29 is 0 Å². The first kappa shape index (κ1) is 10.6. The smallest absolute Gasteiger partial charge is 0.0800 e. The molecule has 0 amide bonds. The van der Waals surface area contributed by atoms with Crippen molar-refractivity contribution in [2.75, 3.05) is 0 Å². The molecule has 15 heavy (non-hydrogen) atoms. The molecule has 0 aromatic carbocycles. The Kier molecular flexibility index (Phi) is 2.76. The maximum Gasteiger partial charge on any atom is 0.0800 e. The molecule has 1 nitrogen and oxygen atoms in total. The zero-order valence-electron chi connectivity index (χ0n) is 9.32. The molecule has 2 aromatic rings. The summed E-state index contributed by atoms with van der Waals surface area (Å²) in [6.07, 6.45) is 1.86. The molecule has 3 heteroatoms. The number of thiophene rings is 1. The van der Waals surface area contributed by atoms with Gasteiger partial charge in [-0.3, -0.25) is 4.98 Å². The van der Waals surface area contributed by atoms with Gasteiger partial charge in [0.1, 0.15) is 0 Å². The summed E-state index contributed by atoms with van der Waals surface area (Å²) >= 11 is 1.80. The second-order valence-corrected chi connectivity index (χ2v) is 10.6. The van der Waals surface area contributed by atoms with Crippen LogP contribution in [0.2, 0.25) is 19.6 Å². The van der Waals surface area contributed by atoms with Crippen LogP contribution in [0.1, 0.15) is 0 Å². The van der Waals surface area contributed by atoms with Gasteiger partial charge in [-0.15, -0.1) is 11.3 Å². The third kappa shape index (κ3) is 2.18. The SMILES string of the molecule is C[Si](C)(C)c1ccsc1-c1ccccn1. The number of hydrogen-bond acceptors (Lipinski definition) is 2. The molecule has 2 heterocycles. The minimum absolute atomic E-state index is 1.12. The molecule has 0 aliphatic heterocycles. The topological polar surface area (TPSA) is 12.9 Å². The van der Waals surface area contributed by atoms with Gasteiger partial charge in [0.15, 0.2) is 0 Å². The Bertz CT molecular complexity index is 442. The molecule has 0 radical (unpaired) electrons. The predicted octanol–water partition coefficient (Wildman–Crippen LogP) is 3.36. The molecule has 0 saturated heterocycles. The van der Waals surface area contributed by atoms with E-state index in [0.717, 1.165) is 5.69 Å². The largest absolute Gasteiger partial charge is 0.255 e. The summed E-state index contributed by atoms with van der Waals surface area (Å²) in [4.78, 5) is 5.78. The van der Waals surface area contributed by atoms with Gasteiger partial charge in [-0.05, 0) is 22.7 Å². The van der Waals surface area contributed by atoms with Crippen molar-refractivity contribution in [3.63, 3.8) is 0 Å². The fourth-order valence-corrected chi connectivity index (χ4v) is 4.98. The van der Waals surface area contributed by atoms with Crippen LogP contribution >= 0.6 is 11.3 Å². The van der Waals surface area contributed by atoms with Gasteiger partial charge in [0, 0.05) is 6.20 Å². The van der Waals surface area contributed by atoms with Crippen LogP contribution in [0.25, 0.3) is 10.6 Å². The van der Waals surface area contributed by atoms with E-state index in [-0.39, 0.29) is 0 Å². The first-order valence-electron chi connectivity index (χ1n) is 5.08. The highest BCUT2D eigenvalue weighted by Crippen LogP contribution is 2.23. The van der Waals surface area contributed by atoms with Crippen LogP contribution in [0.4, 0.5) is 0 Å². The van der Waals surface area contributed by atoms with E-state index in [9.17, 15) is 0 Å². The van der Waals surface area contributed by atoms with Gasteiger partial charge in [0.2, 0.25) is 0 Å². The standard InChI is InChI=1S/C12H15NSSi/c1-15(2,3)11-7-9-14-12(11)10-6-4-5-8-13-10/h4-9H,1-3H3. The summed E-state index contributed by atoms with van der Waals surface area (Å²) in [6.45, 7) is 7.13. The Morgan fingerprint density at radius 1 is 1.13 bits per heavy atom. The fourth-order valence-electron chi connectivity index (χ4n) is 1.60. The number of rotatable bonds is 2. The molecule has 0 aliphatic carbocycles. The molecule has 0 aliphatic rings. The molecule has 0 N–H and O–H groups in total. The van der Waals surface area contributed by atoms with Crippen LogP contribution in [0.5, 0.6) is 0 Å². The molecule has 78 valence electrons. The number of hydrogen-bond donors (Lipinski definition) is 0. The van der Waals surface area contributed by atoms with Crippen molar-refractivity contribution in [3.8, 4) is 10.6 Å². The van der Waals surface area contributed by atoms with Gasteiger partial charge in [0.25, 0.3) is 0 Å². The molecule has 0 unspecified atom stereocenters. The van der Waals surface area contributed by atoms with Crippen LogP contribution in [0.3, 0.4) is 0 Å².